The first-order chi connectivity index (χ1) is 13.9. The first kappa shape index (κ1) is 21.5. The largest absolute Gasteiger partial charge is 0.460 e. The Balaban J connectivity index is 2.15. The number of hydrogen-bond donors (Lipinski definition) is 1. The van der Waals surface area contributed by atoms with E-state index in [1.807, 2.05) is 0 Å². The quantitative estimate of drug-likeness (QED) is 0.510. The van der Waals surface area contributed by atoms with Gasteiger partial charge in [0, 0.05) is 22.2 Å². The Kier molecular flexibility index (Phi) is 5.21. The second kappa shape index (κ2) is 7.26. The fourth-order valence-corrected chi connectivity index (χ4v) is 2.82. The normalized spacial score (nSPS) is 12.8. The van der Waals surface area contributed by atoms with Crippen LogP contribution in [0.5, 0.6) is 0 Å². The van der Waals surface area contributed by atoms with Crippen LogP contribution in [0.1, 0.15) is 21.6 Å². The number of halogens is 7. The highest BCUT2D eigenvalue weighted by molar-refractivity contribution is 6.08. The van der Waals surface area contributed by atoms with Gasteiger partial charge in [0.25, 0.3) is 5.91 Å². The molecule has 0 aliphatic heterocycles. The van der Waals surface area contributed by atoms with Crippen molar-refractivity contribution in [2.24, 2.45) is 0 Å². The molecular formula is C20H13F7N2O. The average Bonchev–Trinajstić information content (AvgIpc) is 2.67. The molecule has 0 aliphatic rings. The van der Waals surface area contributed by atoms with E-state index in [1.165, 1.54) is 25.1 Å². The third-order valence-corrected chi connectivity index (χ3v) is 4.37. The zero-order valence-corrected chi connectivity index (χ0v) is 15.2. The van der Waals surface area contributed by atoms with Crippen molar-refractivity contribution in [3.05, 3.63) is 71.4 Å². The number of rotatable bonds is 4. The Morgan fingerprint density at radius 3 is 2.10 bits per heavy atom. The van der Waals surface area contributed by atoms with Crippen molar-refractivity contribution in [2.75, 3.05) is 5.32 Å². The van der Waals surface area contributed by atoms with E-state index in [0.717, 1.165) is 12.1 Å². The number of aryl methyl sites for hydroxylation is 1. The summed E-state index contributed by atoms with van der Waals surface area (Å²) in [5.41, 5.74) is -1.51. The van der Waals surface area contributed by atoms with Crippen LogP contribution in [-0.2, 0) is 5.92 Å². The minimum atomic E-state index is -6.47. The summed E-state index contributed by atoms with van der Waals surface area (Å²) in [6.07, 6.45) is -6.47. The molecule has 10 heteroatoms. The molecule has 1 N–H and O–H groups in total. The lowest BCUT2D eigenvalue weighted by molar-refractivity contribution is -0.359. The zero-order valence-electron chi connectivity index (χ0n) is 15.2. The second-order valence-electron chi connectivity index (χ2n) is 6.48. The van der Waals surface area contributed by atoms with Gasteiger partial charge < -0.3 is 5.32 Å². The first-order valence-electron chi connectivity index (χ1n) is 8.46. The molecule has 0 atom stereocenters. The number of pyridine rings is 1. The zero-order chi connectivity index (χ0) is 22.3. The Hall–Kier alpha value is -3.17. The lowest BCUT2D eigenvalue weighted by atomic mass is 9.96. The highest BCUT2D eigenvalue weighted by Gasteiger charge is 2.73. The molecule has 0 spiro atoms. The number of aromatic nitrogens is 1. The van der Waals surface area contributed by atoms with Gasteiger partial charge in [0.05, 0.1) is 11.2 Å². The number of hydrogen-bond acceptors (Lipinski definition) is 2. The second-order valence-corrected chi connectivity index (χ2v) is 6.48. The molecule has 2 aromatic carbocycles. The minimum absolute atomic E-state index is 0.113. The summed E-state index contributed by atoms with van der Waals surface area (Å²) in [5.74, 6) is -12.5. The van der Waals surface area contributed by atoms with Crippen molar-refractivity contribution in [3.63, 3.8) is 0 Å². The SMILES string of the molecule is Cc1ccc2c(C(F)(F)C(F)(F)C(F)(F)F)ccc(NC(=O)c3ccccc3)c2n1. The first-order valence-corrected chi connectivity index (χ1v) is 8.46. The van der Waals surface area contributed by atoms with E-state index in [2.05, 4.69) is 10.3 Å². The molecule has 3 aromatic rings. The predicted octanol–water partition coefficient (Wildman–Crippen LogP) is 6.08. The van der Waals surface area contributed by atoms with E-state index in [9.17, 15) is 35.5 Å². The van der Waals surface area contributed by atoms with Gasteiger partial charge in [-0.25, -0.2) is 0 Å². The fraction of sp³-hybridized carbons (Fsp3) is 0.200. The molecular weight excluding hydrogens is 417 g/mol. The number of amides is 1. The van der Waals surface area contributed by atoms with Gasteiger partial charge in [-0.1, -0.05) is 24.3 Å². The Morgan fingerprint density at radius 1 is 0.867 bits per heavy atom. The molecule has 0 saturated carbocycles. The number of nitrogens with zero attached hydrogens (tertiary/aromatic N) is 1. The summed E-state index contributed by atoms with van der Waals surface area (Å²) >= 11 is 0. The molecule has 1 amide bonds. The van der Waals surface area contributed by atoms with Gasteiger partial charge in [-0.2, -0.15) is 30.7 Å². The van der Waals surface area contributed by atoms with Gasteiger partial charge >= 0.3 is 18.0 Å². The van der Waals surface area contributed by atoms with Crippen LogP contribution in [0.25, 0.3) is 10.9 Å². The summed E-state index contributed by atoms with van der Waals surface area (Å²) in [5, 5.41) is 1.78. The molecule has 0 saturated heterocycles. The summed E-state index contributed by atoms with van der Waals surface area (Å²) in [4.78, 5) is 16.3. The monoisotopic (exact) mass is 430 g/mol. The highest BCUT2D eigenvalue weighted by atomic mass is 19.4. The molecule has 1 aromatic heterocycles. The van der Waals surface area contributed by atoms with Crippen LogP contribution in [0, 0.1) is 6.92 Å². The summed E-state index contributed by atoms with van der Waals surface area (Å²) in [6.45, 7) is 1.47. The van der Waals surface area contributed by atoms with E-state index in [-0.39, 0.29) is 22.5 Å². The van der Waals surface area contributed by atoms with E-state index >= 15 is 0 Å². The maximum absolute atomic E-state index is 14.3. The highest BCUT2D eigenvalue weighted by Crippen LogP contribution is 2.53. The van der Waals surface area contributed by atoms with Crippen LogP contribution >= 0.6 is 0 Å². The van der Waals surface area contributed by atoms with Crippen molar-refractivity contribution in [1.82, 2.24) is 4.98 Å². The Bertz CT molecular complexity index is 1100. The van der Waals surface area contributed by atoms with Gasteiger partial charge in [0.15, 0.2) is 0 Å². The van der Waals surface area contributed by atoms with Gasteiger partial charge in [-0.15, -0.1) is 0 Å². The van der Waals surface area contributed by atoms with Gasteiger partial charge in [-0.05, 0) is 37.3 Å². The van der Waals surface area contributed by atoms with Crippen LogP contribution in [0.2, 0.25) is 0 Å². The Labute approximate surface area is 165 Å². The summed E-state index contributed by atoms with van der Waals surface area (Å²) < 4.78 is 93.7. The summed E-state index contributed by atoms with van der Waals surface area (Å²) in [6, 6.07) is 11.2. The topological polar surface area (TPSA) is 42.0 Å². The molecule has 158 valence electrons. The number of nitrogens with one attached hydrogen (secondary N) is 1. The molecule has 0 unspecified atom stereocenters. The smallest absolute Gasteiger partial charge is 0.320 e. The third kappa shape index (κ3) is 3.57. The van der Waals surface area contributed by atoms with Crippen LogP contribution < -0.4 is 5.32 Å². The molecule has 0 bridgehead atoms. The molecule has 0 aliphatic carbocycles. The van der Waals surface area contributed by atoms with E-state index < -0.39 is 34.9 Å². The lowest BCUT2D eigenvalue weighted by Gasteiger charge is -2.29. The summed E-state index contributed by atoms with van der Waals surface area (Å²) in [7, 11) is 0. The molecule has 3 rings (SSSR count). The maximum Gasteiger partial charge on any atom is 0.460 e. The molecule has 0 fully saturated rings. The lowest BCUT2D eigenvalue weighted by Crippen LogP contribution is -2.50. The van der Waals surface area contributed by atoms with E-state index in [4.69, 9.17) is 0 Å². The van der Waals surface area contributed by atoms with E-state index in [0.29, 0.717) is 6.07 Å². The third-order valence-electron chi connectivity index (χ3n) is 4.37. The molecule has 3 nitrogen and oxygen atoms in total. The molecule has 1 heterocycles. The van der Waals surface area contributed by atoms with Crippen molar-refractivity contribution in [1.29, 1.82) is 0 Å². The number of alkyl halides is 7. The van der Waals surface area contributed by atoms with Crippen LogP contribution in [0.15, 0.2) is 54.6 Å². The van der Waals surface area contributed by atoms with Crippen molar-refractivity contribution < 1.29 is 35.5 Å². The van der Waals surface area contributed by atoms with Crippen LogP contribution in [0.4, 0.5) is 36.4 Å². The average molecular weight is 430 g/mol. The maximum atomic E-state index is 14.3. The number of fused-ring (bicyclic) bond motifs is 1. The van der Waals surface area contributed by atoms with Gasteiger partial charge in [-0.3, -0.25) is 9.78 Å². The number of carbonyl (C=O) groups is 1. The molecule has 0 radical (unpaired) electrons. The van der Waals surface area contributed by atoms with Gasteiger partial charge in [0.2, 0.25) is 0 Å². The van der Waals surface area contributed by atoms with Crippen LogP contribution in [0.3, 0.4) is 0 Å². The van der Waals surface area contributed by atoms with Crippen molar-refractivity contribution in [2.45, 2.75) is 24.9 Å². The van der Waals surface area contributed by atoms with Gasteiger partial charge in [0.1, 0.15) is 0 Å². The molecule has 30 heavy (non-hydrogen) atoms. The van der Waals surface area contributed by atoms with Crippen molar-refractivity contribution in [3.8, 4) is 0 Å². The standard InChI is InChI=1S/C20H13F7N2O/c1-11-7-8-13-14(18(21,22)19(23,24)20(25,26)27)9-10-15(16(13)28-11)29-17(30)12-5-3-2-4-6-12/h2-10H,1H3,(H,29,30). The van der Waals surface area contributed by atoms with Crippen molar-refractivity contribution >= 4 is 22.5 Å². The Morgan fingerprint density at radius 2 is 1.50 bits per heavy atom. The predicted molar refractivity (Wildman–Crippen MR) is 95.8 cm³/mol. The number of anilines is 1. The van der Waals surface area contributed by atoms with E-state index in [1.54, 1.807) is 18.2 Å². The number of benzene rings is 2. The number of carbonyl (C=O) groups excluding carboxylic acids is 1. The van der Waals surface area contributed by atoms with Crippen LogP contribution in [-0.4, -0.2) is 23.0 Å². The minimum Gasteiger partial charge on any atom is -0.320 e. The fourth-order valence-electron chi connectivity index (χ4n) is 2.82.